The maximum atomic E-state index is 11.9. The first kappa shape index (κ1) is 14.2. The molecule has 7 heteroatoms. The molecule has 0 bridgehead atoms. The van der Waals surface area contributed by atoms with Gasteiger partial charge in [0.25, 0.3) is 5.91 Å². The summed E-state index contributed by atoms with van der Waals surface area (Å²) >= 11 is 1.11. The third kappa shape index (κ3) is 3.30. The zero-order valence-corrected chi connectivity index (χ0v) is 10.9. The van der Waals surface area contributed by atoms with Crippen LogP contribution in [0.4, 0.5) is 0 Å². The molecule has 1 aromatic rings. The van der Waals surface area contributed by atoms with Gasteiger partial charge in [0.15, 0.2) is 0 Å². The Hall–Kier alpha value is -1.89. The van der Waals surface area contributed by atoms with Gasteiger partial charge in [-0.3, -0.25) is 14.4 Å². The van der Waals surface area contributed by atoms with Crippen LogP contribution in [0, 0.1) is 5.92 Å². The number of hydrogen-bond acceptors (Lipinski definition) is 4. The Labute approximate surface area is 108 Å². The van der Waals surface area contributed by atoms with E-state index in [1.165, 1.54) is 30.3 Å². The number of carbonyl (C=O) groups excluding carboxylic acids is 2. The Morgan fingerprint density at radius 1 is 1.50 bits per heavy atom. The van der Waals surface area contributed by atoms with Crippen LogP contribution in [0.3, 0.4) is 0 Å². The Morgan fingerprint density at radius 3 is 2.56 bits per heavy atom. The summed E-state index contributed by atoms with van der Waals surface area (Å²) in [6.07, 6.45) is 0. The molecule has 3 N–H and O–H groups in total. The van der Waals surface area contributed by atoms with E-state index in [0.717, 1.165) is 11.3 Å². The molecule has 0 aliphatic rings. The van der Waals surface area contributed by atoms with E-state index in [9.17, 15) is 14.4 Å². The predicted octanol–water partition coefficient (Wildman–Crippen LogP) is 0.640. The van der Waals surface area contributed by atoms with Crippen molar-refractivity contribution in [3.8, 4) is 0 Å². The number of primary amides is 1. The number of nitrogens with two attached hydrogens (primary N) is 1. The van der Waals surface area contributed by atoms with Crippen LogP contribution in [0.1, 0.15) is 27.0 Å². The molecule has 0 radical (unpaired) electrons. The lowest BCUT2D eigenvalue weighted by atomic mass is 10.2. The average Bonchev–Trinajstić information content (AvgIpc) is 2.76. The molecule has 0 aromatic carbocycles. The number of hydrogen-bond donors (Lipinski definition) is 2. The van der Waals surface area contributed by atoms with Crippen molar-refractivity contribution in [2.45, 2.75) is 6.92 Å². The van der Waals surface area contributed by atoms with Crippen molar-refractivity contribution in [3.05, 3.63) is 21.9 Å². The highest BCUT2D eigenvalue weighted by atomic mass is 32.1. The molecule has 0 fully saturated rings. The van der Waals surface area contributed by atoms with Crippen molar-refractivity contribution in [3.63, 3.8) is 0 Å². The number of carboxylic acid groups (broad SMARTS) is 1. The van der Waals surface area contributed by atoms with Gasteiger partial charge in [-0.2, -0.15) is 0 Å². The SMILES string of the molecule is CC(CN(C)C(=O)c1cc(C(N)=O)cs1)C(=O)O. The Balaban J connectivity index is 2.74. The number of carbonyl (C=O) groups is 3. The Morgan fingerprint density at radius 2 is 2.11 bits per heavy atom. The van der Waals surface area contributed by atoms with Crippen LogP contribution < -0.4 is 5.73 Å². The average molecular weight is 270 g/mol. The second-order valence-corrected chi connectivity index (χ2v) is 4.90. The fourth-order valence-corrected chi connectivity index (χ4v) is 2.23. The molecular weight excluding hydrogens is 256 g/mol. The van der Waals surface area contributed by atoms with E-state index in [-0.39, 0.29) is 18.0 Å². The minimum Gasteiger partial charge on any atom is -0.481 e. The van der Waals surface area contributed by atoms with Crippen LogP contribution in [0.5, 0.6) is 0 Å². The standard InChI is InChI=1S/C11H14N2O4S/c1-6(11(16)17)4-13(2)10(15)8-3-7(5-18-8)9(12)14/h3,5-6H,4H2,1-2H3,(H2,12,14)(H,16,17). The van der Waals surface area contributed by atoms with Gasteiger partial charge in [-0.25, -0.2) is 0 Å². The molecule has 0 aliphatic heterocycles. The molecule has 6 nitrogen and oxygen atoms in total. The highest BCUT2D eigenvalue weighted by Crippen LogP contribution is 2.16. The third-order valence-corrected chi connectivity index (χ3v) is 3.33. The molecule has 2 amide bonds. The summed E-state index contributed by atoms with van der Waals surface area (Å²) in [4.78, 5) is 35.2. The van der Waals surface area contributed by atoms with Gasteiger partial charge >= 0.3 is 5.97 Å². The van der Waals surface area contributed by atoms with E-state index in [0.29, 0.717) is 4.88 Å². The summed E-state index contributed by atoms with van der Waals surface area (Å²) < 4.78 is 0. The van der Waals surface area contributed by atoms with Crippen molar-refractivity contribution in [2.75, 3.05) is 13.6 Å². The zero-order chi connectivity index (χ0) is 13.9. The minimum atomic E-state index is -0.960. The minimum absolute atomic E-state index is 0.109. The van der Waals surface area contributed by atoms with Crippen LogP contribution >= 0.6 is 11.3 Å². The van der Waals surface area contributed by atoms with E-state index in [1.807, 2.05) is 0 Å². The van der Waals surface area contributed by atoms with Crippen LogP contribution in [0.15, 0.2) is 11.4 Å². The summed E-state index contributed by atoms with van der Waals surface area (Å²) in [5, 5.41) is 10.3. The normalized spacial score (nSPS) is 11.9. The molecule has 18 heavy (non-hydrogen) atoms. The summed E-state index contributed by atoms with van der Waals surface area (Å²) in [5.74, 6) is -2.51. The van der Waals surface area contributed by atoms with Gasteiger partial charge in [-0.1, -0.05) is 6.92 Å². The lowest BCUT2D eigenvalue weighted by molar-refractivity contribution is -0.141. The smallest absolute Gasteiger partial charge is 0.308 e. The number of aliphatic carboxylic acids is 1. The molecule has 1 rings (SSSR count). The fraction of sp³-hybridized carbons (Fsp3) is 0.364. The summed E-state index contributed by atoms with van der Waals surface area (Å²) in [7, 11) is 1.52. The Kier molecular flexibility index (Phi) is 4.43. The van der Waals surface area contributed by atoms with E-state index < -0.39 is 17.8 Å². The lowest BCUT2D eigenvalue weighted by Crippen LogP contribution is -2.33. The highest BCUT2D eigenvalue weighted by molar-refractivity contribution is 7.12. The zero-order valence-electron chi connectivity index (χ0n) is 10.0. The molecule has 0 saturated carbocycles. The fourth-order valence-electron chi connectivity index (χ4n) is 1.34. The highest BCUT2D eigenvalue weighted by Gasteiger charge is 2.20. The molecule has 0 aliphatic carbocycles. The molecule has 1 aromatic heterocycles. The second-order valence-electron chi connectivity index (χ2n) is 3.99. The number of amides is 2. The number of nitrogens with zero attached hydrogens (tertiary/aromatic N) is 1. The van der Waals surface area contributed by atoms with Crippen molar-refractivity contribution in [1.82, 2.24) is 4.90 Å². The molecule has 98 valence electrons. The van der Waals surface area contributed by atoms with Gasteiger partial charge in [0.1, 0.15) is 0 Å². The number of carboxylic acids is 1. The van der Waals surface area contributed by atoms with E-state index >= 15 is 0 Å². The third-order valence-electron chi connectivity index (χ3n) is 2.41. The molecular formula is C11H14N2O4S. The summed E-state index contributed by atoms with van der Waals surface area (Å²) in [6.45, 7) is 1.63. The maximum Gasteiger partial charge on any atom is 0.308 e. The van der Waals surface area contributed by atoms with E-state index in [4.69, 9.17) is 10.8 Å². The number of thiophene rings is 1. The van der Waals surface area contributed by atoms with E-state index in [2.05, 4.69) is 0 Å². The lowest BCUT2D eigenvalue weighted by Gasteiger charge is -2.18. The van der Waals surface area contributed by atoms with Gasteiger partial charge in [0, 0.05) is 19.0 Å². The van der Waals surface area contributed by atoms with Crippen LogP contribution in [-0.4, -0.2) is 41.4 Å². The topological polar surface area (TPSA) is 101 Å². The Bertz CT molecular complexity index is 483. The van der Waals surface area contributed by atoms with Gasteiger partial charge in [0.05, 0.1) is 16.4 Å². The quantitative estimate of drug-likeness (QED) is 0.819. The van der Waals surface area contributed by atoms with Crippen molar-refractivity contribution in [1.29, 1.82) is 0 Å². The predicted molar refractivity (Wildman–Crippen MR) is 66.6 cm³/mol. The maximum absolute atomic E-state index is 11.9. The monoisotopic (exact) mass is 270 g/mol. The van der Waals surface area contributed by atoms with Gasteiger partial charge in [-0.05, 0) is 6.07 Å². The van der Waals surface area contributed by atoms with Gasteiger partial charge in [-0.15, -0.1) is 11.3 Å². The molecule has 1 heterocycles. The number of rotatable bonds is 5. The van der Waals surface area contributed by atoms with Crippen molar-refractivity contribution >= 4 is 29.1 Å². The summed E-state index contributed by atoms with van der Waals surface area (Å²) in [5.41, 5.74) is 5.37. The van der Waals surface area contributed by atoms with Gasteiger partial charge < -0.3 is 15.7 Å². The largest absolute Gasteiger partial charge is 0.481 e. The molecule has 0 spiro atoms. The van der Waals surface area contributed by atoms with Crippen molar-refractivity contribution < 1.29 is 19.5 Å². The molecule has 1 unspecified atom stereocenters. The molecule has 1 atom stereocenters. The van der Waals surface area contributed by atoms with Gasteiger partial charge in [0.2, 0.25) is 5.91 Å². The summed E-state index contributed by atoms with van der Waals surface area (Å²) in [6, 6.07) is 1.41. The first-order chi connectivity index (χ1) is 8.32. The van der Waals surface area contributed by atoms with Crippen LogP contribution in [0.2, 0.25) is 0 Å². The van der Waals surface area contributed by atoms with Crippen LogP contribution in [0.25, 0.3) is 0 Å². The second kappa shape index (κ2) is 5.63. The van der Waals surface area contributed by atoms with E-state index in [1.54, 1.807) is 0 Å². The first-order valence-corrected chi connectivity index (χ1v) is 6.07. The molecule has 0 saturated heterocycles. The van der Waals surface area contributed by atoms with Crippen molar-refractivity contribution in [2.24, 2.45) is 11.7 Å². The first-order valence-electron chi connectivity index (χ1n) is 5.19. The van der Waals surface area contributed by atoms with Crippen LogP contribution in [-0.2, 0) is 4.79 Å².